The van der Waals surface area contributed by atoms with Crippen LogP contribution >= 0.6 is 23.5 Å². The number of hydrogen-bond acceptors (Lipinski definition) is 9. The molecule has 1 heterocycles. The van der Waals surface area contributed by atoms with Gasteiger partial charge >= 0.3 is 18.0 Å². The minimum absolute atomic E-state index is 0.208. The topological polar surface area (TPSA) is 111 Å². The van der Waals surface area contributed by atoms with Crippen molar-refractivity contribution in [3.05, 3.63) is 9.81 Å². The molecule has 0 fully saturated rings. The minimum atomic E-state index is -0.908. The second-order valence-corrected chi connectivity index (χ2v) is 9.05. The molecule has 0 aromatic carbocycles. The molecule has 2 atom stereocenters. The quantitative estimate of drug-likeness (QED) is 0.471. The first-order valence-electron chi connectivity index (χ1n) is 8.43. The molecule has 154 valence electrons. The molecule has 27 heavy (non-hydrogen) atoms. The van der Waals surface area contributed by atoms with Crippen molar-refractivity contribution in [3.8, 4) is 0 Å². The average molecular weight is 422 g/mol. The molecule has 1 aliphatic heterocycles. The number of ether oxygens (including phenoxy) is 3. The first-order valence-corrected chi connectivity index (χ1v) is 10.4. The number of thioether (sulfide) groups is 2. The summed E-state index contributed by atoms with van der Waals surface area (Å²) in [4.78, 5) is 36.5. The fraction of sp³-hybridized carbons (Fsp3) is 0.706. The van der Waals surface area contributed by atoms with E-state index < -0.39 is 35.8 Å². The number of aliphatic hydroxyl groups is 1. The van der Waals surface area contributed by atoms with Crippen molar-refractivity contribution < 1.29 is 33.7 Å². The van der Waals surface area contributed by atoms with Gasteiger partial charge < -0.3 is 24.6 Å². The van der Waals surface area contributed by atoms with Crippen molar-refractivity contribution in [1.29, 1.82) is 0 Å². The highest BCUT2D eigenvalue weighted by Gasteiger charge is 2.35. The first kappa shape index (κ1) is 23.6. The van der Waals surface area contributed by atoms with E-state index in [1.807, 2.05) is 0 Å². The van der Waals surface area contributed by atoms with Crippen molar-refractivity contribution in [2.24, 2.45) is 0 Å². The number of amides is 1. The van der Waals surface area contributed by atoms with E-state index in [1.54, 1.807) is 20.8 Å². The minimum Gasteiger partial charge on any atom is -0.464 e. The van der Waals surface area contributed by atoms with Crippen molar-refractivity contribution in [3.63, 3.8) is 0 Å². The Labute approximate surface area is 167 Å². The number of alkyl carbamates (subject to hydrolysis) is 1. The Bertz CT molecular complexity index is 586. The van der Waals surface area contributed by atoms with E-state index in [4.69, 9.17) is 14.2 Å². The molecule has 0 bridgehead atoms. The van der Waals surface area contributed by atoms with Crippen molar-refractivity contribution >= 4 is 41.6 Å². The predicted octanol–water partition coefficient (Wildman–Crippen LogP) is 2.06. The van der Waals surface area contributed by atoms with Gasteiger partial charge in [0, 0.05) is 35.2 Å². The van der Waals surface area contributed by atoms with Gasteiger partial charge in [-0.3, -0.25) is 9.59 Å². The van der Waals surface area contributed by atoms with Gasteiger partial charge in [0.25, 0.3) is 0 Å². The molecule has 0 aromatic heterocycles. The summed E-state index contributed by atoms with van der Waals surface area (Å²) in [6.45, 7) is 7.24. The van der Waals surface area contributed by atoms with E-state index in [9.17, 15) is 19.5 Å². The van der Waals surface area contributed by atoms with Crippen LogP contribution < -0.4 is 5.32 Å². The van der Waals surface area contributed by atoms with Crippen LogP contribution in [0.5, 0.6) is 0 Å². The van der Waals surface area contributed by atoms with Crippen LogP contribution in [0.1, 0.15) is 34.6 Å². The second-order valence-electron chi connectivity index (χ2n) is 6.73. The summed E-state index contributed by atoms with van der Waals surface area (Å²) in [6.07, 6.45) is -1.63. The zero-order valence-electron chi connectivity index (χ0n) is 16.2. The van der Waals surface area contributed by atoms with Gasteiger partial charge in [-0.1, -0.05) is 0 Å². The lowest BCUT2D eigenvalue weighted by atomic mass is 10.1. The van der Waals surface area contributed by atoms with E-state index in [1.165, 1.54) is 37.4 Å². The van der Waals surface area contributed by atoms with Gasteiger partial charge in [0.2, 0.25) is 0 Å². The number of aliphatic hydroxyl groups excluding tert-OH is 1. The average Bonchev–Trinajstić information content (AvgIpc) is 2.54. The number of nitrogens with one attached hydrogen (secondary N) is 1. The molecule has 0 aliphatic carbocycles. The van der Waals surface area contributed by atoms with Gasteiger partial charge in [-0.25, -0.2) is 4.79 Å². The molecule has 0 radical (unpaired) electrons. The maximum absolute atomic E-state index is 12.2. The highest BCUT2D eigenvalue weighted by molar-refractivity contribution is 8.10. The number of esters is 2. The number of hydrogen-bond donors (Lipinski definition) is 2. The van der Waals surface area contributed by atoms with E-state index in [0.717, 1.165) is 11.5 Å². The monoisotopic (exact) mass is 421 g/mol. The van der Waals surface area contributed by atoms with Crippen LogP contribution in [0.4, 0.5) is 4.79 Å². The summed E-state index contributed by atoms with van der Waals surface area (Å²) in [7, 11) is 0. The fourth-order valence-electron chi connectivity index (χ4n) is 2.20. The number of carbonyl (C=O) groups is 3. The largest absolute Gasteiger partial charge is 0.464 e. The van der Waals surface area contributed by atoms with Crippen molar-refractivity contribution in [2.75, 3.05) is 24.7 Å². The highest BCUT2D eigenvalue weighted by Crippen LogP contribution is 2.38. The molecule has 10 heteroatoms. The molecule has 0 aromatic rings. The van der Waals surface area contributed by atoms with Crippen LogP contribution in [0, 0.1) is 0 Å². The predicted molar refractivity (Wildman–Crippen MR) is 104 cm³/mol. The summed E-state index contributed by atoms with van der Waals surface area (Å²) < 4.78 is 15.8. The summed E-state index contributed by atoms with van der Waals surface area (Å²) in [6, 6.07) is -0.865. The van der Waals surface area contributed by atoms with E-state index >= 15 is 0 Å². The van der Waals surface area contributed by atoms with Gasteiger partial charge in [0.1, 0.15) is 18.2 Å². The maximum atomic E-state index is 12.2. The van der Waals surface area contributed by atoms with E-state index in [-0.39, 0.29) is 13.2 Å². The standard InChI is InChI=1S/C17H27NO7S2/c1-10(20)23-9-12(18-16(22)25-17(3,4)5)14(24-11(2)21)15-13(8-19)26-6-7-27-15/h12,14,19H,6-9H2,1-5H3,(H,18,22)/t12-,14-/m0/s1. The Morgan fingerprint density at radius 1 is 1.15 bits per heavy atom. The first-order chi connectivity index (χ1) is 12.5. The second kappa shape index (κ2) is 10.8. The Balaban J connectivity index is 3.15. The fourth-order valence-corrected chi connectivity index (χ4v) is 4.64. The van der Waals surface area contributed by atoms with Crippen LogP contribution in [-0.2, 0) is 23.8 Å². The van der Waals surface area contributed by atoms with Gasteiger partial charge in [0.15, 0.2) is 6.10 Å². The lowest BCUT2D eigenvalue weighted by Gasteiger charge is -2.32. The van der Waals surface area contributed by atoms with E-state index in [2.05, 4.69) is 5.32 Å². The molecule has 0 unspecified atom stereocenters. The molecule has 0 saturated heterocycles. The van der Waals surface area contributed by atoms with Crippen LogP contribution in [0.15, 0.2) is 9.81 Å². The summed E-state index contributed by atoms with van der Waals surface area (Å²) in [5, 5.41) is 12.3. The zero-order valence-corrected chi connectivity index (χ0v) is 17.8. The summed E-state index contributed by atoms with van der Waals surface area (Å²) >= 11 is 2.90. The molecular weight excluding hydrogens is 394 g/mol. The van der Waals surface area contributed by atoms with Gasteiger partial charge in [-0.05, 0) is 20.8 Å². The molecule has 1 amide bonds. The molecule has 1 rings (SSSR count). The number of carbonyl (C=O) groups excluding carboxylic acids is 3. The normalized spacial score (nSPS) is 17.0. The Morgan fingerprint density at radius 3 is 2.30 bits per heavy atom. The zero-order chi connectivity index (χ0) is 20.6. The number of rotatable bonds is 7. The summed E-state index contributed by atoms with van der Waals surface area (Å²) in [5.41, 5.74) is -0.724. The Morgan fingerprint density at radius 2 is 1.78 bits per heavy atom. The molecule has 2 N–H and O–H groups in total. The molecule has 0 saturated carbocycles. The van der Waals surface area contributed by atoms with Crippen LogP contribution in [0.2, 0.25) is 0 Å². The Kier molecular flexibility index (Phi) is 9.48. The van der Waals surface area contributed by atoms with Crippen molar-refractivity contribution in [2.45, 2.75) is 52.4 Å². The van der Waals surface area contributed by atoms with Crippen LogP contribution in [-0.4, -0.2) is 65.6 Å². The molecule has 0 spiro atoms. The van der Waals surface area contributed by atoms with E-state index in [0.29, 0.717) is 9.81 Å². The SMILES string of the molecule is CC(=O)OC[C@H](NC(=O)OC(C)(C)C)[C@H](OC(C)=O)C1=C(CO)SCCS1. The van der Waals surface area contributed by atoms with Gasteiger partial charge in [-0.15, -0.1) is 23.5 Å². The lowest BCUT2D eigenvalue weighted by molar-refractivity contribution is -0.148. The van der Waals surface area contributed by atoms with Crippen molar-refractivity contribution in [1.82, 2.24) is 5.32 Å². The Hall–Kier alpha value is -1.39. The maximum Gasteiger partial charge on any atom is 0.408 e. The lowest BCUT2D eigenvalue weighted by Crippen LogP contribution is -2.50. The van der Waals surface area contributed by atoms with Crippen LogP contribution in [0.3, 0.4) is 0 Å². The molecular formula is C17H27NO7S2. The third kappa shape index (κ3) is 8.89. The smallest absolute Gasteiger partial charge is 0.408 e. The van der Waals surface area contributed by atoms with Gasteiger partial charge in [-0.2, -0.15) is 0 Å². The summed E-state index contributed by atoms with van der Waals surface area (Å²) in [5.74, 6) is 0.480. The molecule has 8 nitrogen and oxygen atoms in total. The molecule has 1 aliphatic rings. The third-order valence-corrected chi connectivity index (χ3v) is 5.81. The van der Waals surface area contributed by atoms with Crippen LogP contribution in [0.25, 0.3) is 0 Å². The third-order valence-electron chi connectivity index (χ3n) is 3.12. The highest BCUT2D eigenvalue weighted by atomic mass is 32.2. The van der Waals surface area contributed by atoms with Gasteiger partial charge in [0.05, 0.1) is 6.61 Å².